The third-order valence-corrected chi connectivity index (χ3v) is 3.90. The van der Waals surface area contributed by atoms with Gasteiger partial charge < -0.3 is 25.8 Å². The Hall–Kier alpha value is -2.28. The van der Waals surface area contributed by atoms with Crippen LogP contribution in [-0.2, 0) is 4.79 Å². The van der Waals surface area contributed by atoms with Crippen LogP contribution in [0.1, 0.15) is 46.3 Å². The van der Waals surface area contributed by atoms with Crippen molar-refractivity contribution in [2.45, 2.75) is 46.8 Å². The molecule has 1 atom stereocenters. The molecule has 0 aliphatic heterocycles. The van der Waals surface area contributed by atoms with Crippen molar-refractivity contribution in [1.29, 1.82) is 0 Å². The third-order valence-electron chi connectivity index (χ3n) is 3.90. The summed E-state index contributed by atoms with van der Waals surface area (Å²) in [4.78, 5) is 16.4. The molecule has 1 unspecified atom stereocenters. The number of aliphatic imine (C=N–C) groups is 1. The van der Waals surface area contributed by atoms with E-state index in [9.17, 15) is 9.90 Å². The van der Waals surface area contributed by atoms with Crippen LogP contribution in [0.2, 0.25) is 0 Å². The minimum Gasteiger partial charge on any atom is -0.491 e. The molecule has 0 aliphatic rings. The van der Waals surface area contributed by atoms with E-state index in [1.165, 1.54) is 0 Å². The van der Waals surface area contributed by atoms with Crippen LogP contribution in [0.25, 0.3) is 0 Å². The number of ether oxygens (including phenoxy) is 1. The first-order valence-electron chi connectivity index (χ1n) is 9.38. The molecule has 0 heterocycles. The maximum absolute atomic E-state index is 11.9. The Labute approximate surface area is 162 Å². The predicted octanol–water partition coefficient (Wildman–Crippen LogP) is 1.83. The van der Waals surface area contributed by atoms with Gasteiger partial charge in [-0.05, 0) is 52.3 Å². The third kappa shape index (κ3) is 7.86. The molecule has 1 aromatic carbocycles. The fraction of sp³-hybridized carbons (Fsp3) is 0.600. The maximum Gasteiger partial charge on any atom is 0.227 e. The van der Waals surface area contributed by atoms with Crippen molar-refractivity contribution < 1.29 is 14.6 Å². The molecule has 4 N–H and O–H groups in total. The molecular formula is C20H34N4O3. The zero-order valence-electron chi connectivity index (χ0n) is 17.3. The molecular weight excluding hydrogens is 344 g/mol. The topological polar surface area (TPSA) is 95.0 Å². The SMILES string of the molecule is CCNC(=NCC(C)(C)C(=O)NC)NCC(O)c1cccc(OC(C)C)c1. The van der Waals surface area contributed by atoms with Gasteiger partial charge in [0, 0.05) is 20.1 Å². The summed E-state index contributed by atoms with van der Waals surface area (Å²) in [7, 11) is 1.62. The minimum atomic E-state index is -0.712. The van der Waals surface area contributed by atoms with E-state index in [1.807, 2.05) is 58.9 Å². The Bertz CT molecular complexity index is 629. The van der Waals surface area contributed by atoms with Crippen LogP contribution in [-0.4, -0.2) is 49.8 Å². The number of aliphatic hydroxyl groups excluding tert-OH is 1. The normalized spacial score (nSPS) is 13.3. The number of amides is 1. The molecule has 0 aromatic heterocycles. The molecule has 27 heavy (non-hydrogen) atoms. The highest BCUT2D eigenvalue weighted by molar-refractivity contribution is 5.83. The van der Waals surface area contributed by atoms with Crippen molar-refractivity contribution in [2.75, 3.05) is 26.7 Å². The summed E-state index contributed by atoms with van der Waals surface area (Å²) >= 11 is 0. The Kier molecular flexibility index (Phi) is 9.08. The van der Waals surface area contributed by atoms with Gasteiger partial charge in [0.2, 0.25) is 5.91 Å². The molecule has 7 nitrogen and oxygen atoms in total. The summed E-state index contributed by atoms with van der Waals surface area (Å²) in [6.45, 7) is 10.9. The van der Waals surface area contributed by atoms with Crippen LogP contribution in [0.5, 0.6) is 5.75 Å². The summed E-state index contributed by atoms with van der Waals surface area (Å²) < 4.78 is 5.67. The Balaban J connectivity index is 2.73. The first kappa shape index (κ1) is 22.8. The van der Waals surface area contributed by atoms with Gasteiger partial charge in [-0.25, -0.2) is 0 Å². The number of nitrogens with zero attached hydrogens (tertiary/aromatic N) is 1. The van der Waals surface area contributed by atoms with Gasteiger partial charge in [-0.1, -0.05) is 12.1 Å². The quantitative estimate of drug-likeness (QED) is 0.388. The van der Waals surface area contributed by atoms with Crippen LogP contribution >= 0.6 is 0 Å². The number of nitrogens with one attached hydrogen (secondary N) is 3. The van der Waals surface area contributed by atoms with E-state index < -0.39 is 11.5 Å². The molecule has 0 fully saturated rings. The zero-order valence-corrected chi connectivity index (χ0v) is 17.3. The maximum atomic E-state index is 11.9. The van der Waals surface area contributed by atoms with Gasteiger partial charge in [0.1, 0.15) is 5.75 Å². The molecule has 0 spiro atoms. The smallest absolute Gasteiger partial charge is 0.227 e. The number of benzene rings is 1. The molecule has 0 bridgehead atoms. The number of aliphatic hydroxyl groups is 1. The number of hydrogen-bond acceptors (Lipinski definition) is 4. The highest BCUT2D eigenvalue weighted by atomic mass is 16.5. The molecule has 1 amide bonds. The number of rotatable bonds is 9. The lowest BCUT2D eigenvalue weighted by Gasteiger charge is -2.21. The second kappa shape index (κ2) is 10.8. The summed E-state index contributed by atoms with van der Waals surface area (Å²) in [5.41, 5.74) is 0.153. The molecule has 0 aliphatic carbocycles. The molecule has 0 saturated heterocycles. The highest BCUT2D eigenvalue weighted by Crippen LogP contribution is 2.20. The van der Waals surface area contributed by atoms with Gasteiger partial charge in [0.15, 0.2) is 5.96 Å². The fourth-order valence-electron chi connectivity index (χ4n) is 2.41. The van der Waals surface area contributed by atoms with Gasteiger partial charge in [-0.2, -0.15) is 0 Å². The molecule has 152 valence electrons. The summed E-state index contributed by atoms with van der Waals surface area (Å²) in [6, 6.07) is 7.43. The lowest BCUT2D eigenvalue weighted by atomic mass is 9.93. The first-order chi connectivity index (χ1) is 12.7. The van der Waals surface area contributed by atoms with Crippen molar-refractivity contribution in [1.82, 2.24) is 16.0 Å². The average molecular weight is 379 g/mol. The Morgan fingerprint density at radius 1 is 1.30 bits per heavy atom. The molecule has 1 aromatic rings. The van der Waals surface area contributed by atoms with Gasteiger partial charge >= 0.3 is 0 Å². The number of hydrogen-bond donors (Lipinski definition) is 4. The standard InChI is InChI=1S/C20H34N4O3/c1-7-22-19(24-13-20(4,5)18(26)21-6)23-12-17(25)15-9-8-10-16(11-15)27-14(2)3/h8-11,14,17,25H,7,12-13H2,1-6H3,(H,21,26)(H2,22,23,24). The number of carbonyl (C=O) groups is 1. The number of guanidine groups is 1. The number of carbonyl (C=O) groups excluding carboxylic acids is 1. The zero-order chi connectivity index (χ0) is 20.4. The first-order valence-corrected chi connectivity index (χ1v) is 9.38. The Morgan fingerprint density at radius 2 is 2.00 bits per heavy atom. The van der Waals surface area contributed by atoms with Gasteiger partial charge in [0.25, 0.3) is 0 Å². The van der Waals surface area contributed by atoms with Crippen LogP contribution in [0, 0.1) is 5.41 Å². The summed E-state index contributed by atoms with van der Waals surface area (Å²) in [5.74, 6) is 1.22. The van der Waals surface area contributed by atoms with E-state index in [1.54, 1.807) is 7.05 Å². The summed E-state index contributed by atoms with van der Waals surface area (Å²) in [5, 5.41) is 19.4. The van der Waals surface area contributed by atoms with Gasteiger partial charge in [-0.3, -0.25) is 9.79 Å². The molecule has 0 saturated carbocycles. The monoisotopic (exact) mass is 378 g/mol. The largest absolute Gasteiger partial charge is 0.491 e. The van der Waals surface area contributed by atoms with Crippen molar-refractivity contribution in [3.63, 3.8) is 0 Å². The Morgan fingerprint density at radius 3 is 2.59 bits per heavy atom. The van der Waals surface area contributed by atoms with E-state index >= 15 is 0 Å². The minimum absolute atomic E-state index is 0.0656. The second-order valence-corrected chi connectivity index (χ2v) is 7.29. The molecule has 1 rings (SSSR count). The van der Waals surface area contributed by atoms with E-state index in [4.69, 9.17) is 4.74 Å². The van der Waals surface area contributed by atoms with Crippen molar-refractivity contribution in [3.8, 4) is 5.75 Å². The average Bonchev–Trinajstić information content (AvgIpc) is 2.62. The predicted molar refractivity (Wildman–Crippen MR) is 109 cm³/mol. The van der Waals surface area contributed by atoms with Crippen molar-refractivity contribution >= 4 is 11.9 Å². The highest BCUT2D eigenvalue weighted by Gasteiger charge is 2.26. The van der Waals surface area contributed by atoms with Crippen molar-refractivity contribution in [2.24, 2.45) is 10.4 Å². The lowest BCUT2D eigenvalue weighted by Crippen LogP contribution is -2.42. The van der Waals surface area contributed by atoms with Crippen LogP contribution in [0.4, 0.5) is 0 Å². The van der Waals surface area contributed by atoms with E-state index in [-0.39, 0.29) is 18.6 Å². The van der Waals surface area contributed by atoms with Crippen LogP contribution < -0.4 is 20.7 Å². The van der Waals surface area contributed by atoms with Crippen LogP contribution in [0.15, 0.2) is 29.3 Å². The van der Waals surface area contributed by atoms with E-state index in [0.29, 0.717) is 19.0 Å². The van der Waals surface area contributed by atoms with E-state index in [0.717, 1.165) is 11.3 Å². The van der Waals surface area contributed by atoms with Crippen LogP contribution in [0.3, 0.4) is 0 Å². The van der Waals surface area contributed by atoms with Gasteiger partial charge in [0.05, 0.1) is 24.2 Å². The van der Waals surface area contributed by atoms with Crippen molar-refractivity contribution in [3.05, 3.63) is 29.8 Å². The lowest BCUT2D eigenvalue weighted by molar-refractivity contribution is -0.128. The second-order valence-electron chi connectivity index (χ2n) is 7.29. The van der Waals surface area contributed by atoms with Gasteiger partial charge in [-0.15, -0.1) is 0 Å². The fourth-order valence-corrected chi connectivity index (χ4v) is 2.41. The summed E-state index contributed by atoms with van der Waals surface area (Å²) in [6.07, 6.45) is -0.636. The molecule has 7 heteroatoms. The van der Waals surface area contributed by atoms with E-state index in [2.05, 4.69) is 20.9 Å². The molecule has 0 radical (unpaired) electrons.